The molecule has 3 nitrogen and oxygen atoms in total. The lowest BCUT2D eigenvalue weighted by Crippen LogP contribution is -2.03. The van der Waals surface area contributed by atoms with E-state index in [-0.39, 0.29) is 0 Å². The molecule has 0 fully saturated rings. The molecule has 3 heteroatoms. The minimum absolute atomic E-state index is 0.514. The SMILES string of the molecule is CC1CC=Cc2c1c1ccccc1n2-c1ccc2[nH]c3ccc(-n4c5c(c6ccccc64)C(C)CC=C5)cc3c2c1. The highest BCUT2D eigenvalue weighted by molar-refractivity contribution is 6.09. The summed E-state index contributed by atoms with van der Waals surface area (Å²) in [6.45, 7) is 4.70. The van der Waals surface area contributed by atoms with E-state index in [9.17, 15) is 0 Å². The minimum atomic E-state index is 0.514. The normalized spacial score (nSPS) is 18.1. The Hall–Kier alpha value is -4.76. The molecule has 0 aliphatic heterocycles. The molecule has 0 saturated heterocycles. The fourth-order valence-corrected chi connectivity index (χ4v) is 7.64. The van der Waals surface area contributed by atoms with Crippen LogP contribution < -0.4 is 0 Å². The van der Waals surface area contributed by atoms with Gasteiger partial charge in [-0.1, -0.05) is 62.4 Å². The molecule has 0 amide bonds. The van der Waals surface area contributed by atoms with E-state index in [2.05, 4.69) is 137 Å². The van der Waals surface area contributed by atoms with E-state index in [0.29, 0.717) is 11.8 Å². The second-order valence-electron chi connectivity index (χ2n) is 12.0. The summed E-state index contributed by atoms with van der Waals surface area (Å²) in [6.07, 6.45) is 11.5. The number of allylic oxidation sites excluding steroid dienone is 2. The monoisotopic (exact) mass is 529 g/mol. The van der Waals surface area contributed by atoms with Crippen LogP contribution in [0.3, 0.4) is 0 Å². The largest absolute Gasteiger partial charge is 0.355 e. The fourth-order valence-electron chi connectivity index (χ4n) is 7.64. The molecule has 41 heavy (non-hydrogen) atoms. The van der Waals surface area contributed by atoms with Crippen LogP contribution in [0.25, 0.3) is 67.1 Å². The van der Waals surface area contributed by atoms with Crippen molar-refractivity contribution in [2.24, 2.45) is 0 Å². The van der Waals surface area contributed by atoms with Gasteiger partial charge in [-0.3, -0.25) is 0 Å². The third kappa shape index (κ3) is 3.15. The van der Waals surface area contributed by atoms with Crippen molar-refractivity contribution in [1.82, 2.24) is 14.1 Å². The molecule has 7 aromatic rings. The zero-order valence-electron chi connectivity index (χ0n) is 23.4. The van der Waals surface area contributed by atoms with Crippen molar-refractivity contribution >= 4 is 55.8 Å². The van der Waals surface area contributed by atoms with E-state index in [1.165, 1.54) is 77.5 Å². The van der Waals surface area contributed by atoms with E-state index in [4.69, 9.17) is 0 Å². The summed E-state index contributed by atoms with van der Waals surface area (Å²) in [6, 6.07) is 31.5. The van der Waals surface area contributed by atoms with Crippen LogP contribution in [-0.2, 0) is 0 Å². The van der Waals surface area contributed by atoms with Gasteiger partial charge in [-0.05, 0) is 96.5 Å². The summed E-state index contributed by atoms with van der Waals surface area (Å²) in [5.74, 6) is 1.03. The Kier molecular flexibility index (Phi) is 4.70. The summed E-state index contributed by atoms with van der Waals surface area (Å²) in [4.78, 5) is 3.69. The molecule has 0 saturated carbocycles. The Morgan fingerprint density at radius 1 is 0.561 bits per heavy atom. The molecule has 9 rings (SSSR count). The summed E-state index contributed by atoms with van der Waals surface area (Å²) in [7, 11) is 0. The minimum Gasteiger partial charge on any atom is -0.355 e. The molecule has 4 aromatic carbocycles. The Labute approximate surface area is 239 Å². The van der Waals surface area contributed by atoms with Gasteiger partial charge in [0.05, 0.1) is 11.0 Å². The van der Waals surface area contributed by atoms with Gasteiger partial charge in [0, 0.05) is 55.3 Å². The van der Waals surface area contributed by atoms with Crippen molar-refractivity contribution in [3.8, 4) is 11.4 Å². The van der Waals surface area contributed by atoms with Crippen LogP contribution >= 0.6 is 0 Å². The highest BCUT2D eigenvalue weighted by Crippen LogP contribution is 2.42. The molecule has 198 valence electrons. The number of rotatable bonds is 2. The lowest BCUT2D eigenvalue weighted by Gasteiger charge is -2.17. The standard InChI is InChI=1S/C38H31N3/c1-23-9-7-15-35-37(23)27-11-3-5-13-33(27)40(35)25-17-19-31-29(21-25)30-22-26(18-20-32(30)39-31)41-34-14-6-4-12-28(34)38-24(2)10-8-16-36(38)41/h3-8,11-24,39H,9-10H2,1-2H3. The van der Waals surface area contributed by atoms with Gasteiger partial charge >= 0.3 is 0 Å². The average molecular weight is 530 g/mol. The second-order valence-corrected chi connectivity index (χ2v) is 12.0. The first kappa shape index (κ1) is 23.0. The number of nitrogens with zero attached hydrogens (tertiary/aromatic N) is 2. The molecule has 2 aliphatic rings. The second kappa shape index (κ2) is 8.37. The Balaban J connectivity index is 1.29. The van der Waals surface area contributed by atoms with Gasteiger partial charge in [0.1, 0.15) is 0 Å². The topological polar surface area (TPSA) is 25.6 Å². The van der Waals surface area contributed by atoms with Crippen LogP contribution in [0.15, 0.2) is 97.1 Å². The molecule has 1 N–H and O–H groups in total. The Morgan fingerprint density at radius 3 is 1.51 bits per heavy atom. The third-order valence-electron chi connectivity index (χ3n) is 9.50. The third-order valence-corrected chi connectivity index (χ3v) is 9.50. The predicted octanol–water partition coefficient (Wildman–Crippen LogP) is 10.2. The maximum atomic E-state index is 3.69. The highest BCUT2D eigenvalue weighted by atomic mass is 15.0. The maximum Gasteiger partial charge on any atom is 0.0537 e. The quantitative estimate of drug-likeness (QED) is 0.231. The molecular formula is C38H31N3. The first-order valence-electron chi connectivity index (χ1n) is 14.8. The molecule has 0 radical (unpaired) electrons. The van der Waals surface area contributed by atoms with E-state index >= 15 is 0 Å². The zero-order valence-corrected chi connectivity index (χ0v) is 23.4. The number of hydrogen-bond acceptors (Lipinski definition) is 0. The van der Waals surface area contributed by atoms with Crippen molar-refractivity contribution in [3.63, 3.8) is 0 Å². The van der Waals surface area contributed by atoms with Gasteiger partial charge in [0.2, 0.25) is 0 Å². The first-order valence-corrected chi connectivity index (χ1v) is 14.8. The first-order chi connectivity index (χ1) is 20.2. The van der Waals surface area contributed by atoms with Gasteiger partial charge in [-0.15, -0.1) is 0 Å². The van der Waals surface area contributed by atoms with Crippen LogP contribution in [-0.4, -0.2) is 14.1 Å². The number of benzene rings is 4. The van der Waals surface area contributed by atoms with Crippen LogP contribution in [0.2, 0.25) is 0 Å². The smallest absolute Gasteiger partial charge is 0.0537 e. The molecule has 2 unspecified atom stereocenters. The number of H-pyrrole nitrogens is 1. The molecule has 3 heterocycles. The van der Waals surface area contributed by atoms with Crippen molar-refractivity contribution in [3.05, 3.63) is 120 Å². The number of nitrogens with one attached hydrogen (secondary N) is 1. The van der Waals surface area contributed by atoms with E-state index in [1.807, 2.05) is 0 Å². The number of aromatic nitrogens is 3. The Morgan fingerprint density at radius 2 is 1.02 bits per heavy atom. The van der Waals surface area contributed by atoms with Gasteiger partial charge in [-0.2, -0.15) is 0 Å². The predicted molar refractivity (Wildman–Crippen MR) is 174 cm³/mol. The summed E-state index contributed by atoms with van der Waals surface area (Å²) >= 11 is 0. The lowest BCUT2D eigenvalue weighted by atomic mass is 9.91. The van der Waals surface area contributed by atoms with Crippen LogP contribution in [0, 0.1) is 0 Å². The molecule has 2 aliphatic carbocycles. The van der Waals surface area contributed by atoms with Crippen molar-refractivity contribution in [2.45, 2.75) is 38.5 Å². The average Bonchev–Trinajstić information content (AvgIpc) is 3.65. The number of aromatic amines is 1. The Bertz CT molecular complexity index is 2090. The fraction of sp³-hybridized carbons (Fsp3) is 0.158. The van der Waals surface area contributed by atoms with Gasteiger partial charge < -0.3 is 14.1 Å². The summed E-state index contributed by atoms with van der Waals surface area (Å²) in [5.41, 5.74) is 12.9. The van der Waals surface area contributed by atoms with Crippen LogP contribution in [0.5, 0.6) is 0 Å². The number of hydrogen-bond donors (Lipinski definition) is 1. The molecule has 3 aromatic heterocycles. The number of fused-ring (bicyclic) bond motifs is 9. The molecule has 0 bridgehead atoms. The van der Waals surface area contributed by atoms with Crippen molar-refractivity contribution < 1.29 is 0 Å². The lowest BCUT2D eigenvalue weighted by molar-refractivity contribution is 0.773. The van der Waals surface area contributed by atoms with Crippen molar-refractivity contribution in [1.29, 1.82) is 0 Å². The van der Waals surface area contributed by atoms with Crippen molar-refractivity contribution in [2.75, 3.05) is 0 Å². The maximum absolute atomic E-state index is 3.69. The van der Waals surface area contributed by atoms with Crippen LogP contribution in [0.4, 0.5) is 0 Å². The highest BCUT2D eigenvalue weighted by Gasteiger charge is 2.24. The van der Waals surface area contributed by atoms with E-state index in [0.717, 1.165) is 12.8 Å². The molecular weight excluding hydrogens is 498 g/mol. The van der Waals surface area contributed by atoms with Crippen LogP contribution in [0.1, 0.15) is 61.0 Å². The zero-order chi connectivity index (χ0) is 27.2. The molecule has 0 spiro atoms. The molecule has 2 atom stereocenters. The summed E-state index contributed by atoms with van der Waals surface area (Å²) in [5, 5.41) is 5.25. The van der Waals surface area contributed by atoms with E-state index < -0.39 is 0 Å². The van der Waals surface area contributed by atoms with Gasteiger partial charge in [0.15, 0.2) is 0 Å². The number of para-hydroxylation sites is 2. The van der Waals surface area contributed by atoms with Gasteiger partial charge in [-0.25, -0.2) is 0 Å². The summed E-state index contributed by atoms with van der Waals surface area (Å²) < 4.78 is 4.92. The van der Waals surface area contributed by atoms with E-state index in [1.54, 1.807) is 0 Å². The van der Waals surface area contributed by atoms with Gasteiger partial charge in [0.25, 0.3) is 0 Å².